The molecule has 1 aliphatic carbocycles. The van der Waals surface area contributed by atoms with Crippen LogP contribution in [0.4, 0.5) is 0 Å². The van der Waals surface area contributed by atoms with Gasteiger partial charge in [-0.3, -0.25) is 18.7 Å². The normalized spacial score (nSPS) is 16.7. The highest BCUT2D eigenvalue weighted by atomic mass is 16.2. The molecule has 120 valence electrons. The van der Waals surface area contributed by atoms with Crippen molar-refractivity contribution in [1.82, 2.24) is 14.5 Å². The van der Waals surface area contributed by atoms with Crippen molar-refractivity contribution < 1.29 is 4.79 Å². The monoisotopic (exact) mass is 313 g/mol. The summed E-state index contributed by atoms with van der Waals surface area (Å²) in [7, 11) is 1.40. The van der Waals surface area contributed by atoms with Crippen molar-refractivity contribution in [2.45, 2.75) is 31.8 Å². The molecule has 1 aromatic carbocycles. The summed E-state index contributed by atoms with van der Waals surface area (Å²) in [5.74, 6) is -0.229. The number of benzene rings is 1. The minimum Gasteiger partial charge on any atom is -0.348 e. The van der Waals surface area contributed by atoms with Gasteiger partial charge in [-0.05, 0) is 30.4 Å². The van der Waals surface area contributed by atoms with Crippen molar-refractivity contribution in [1.29, 1.82) is 0 Å². The molecule has 0 saturated heterocycles. The second kappa shape index (κ2) is 6.24. The molecular formula is C17H19N3O3. The van der Waals surface area contributed by atoms with E-state index in [1.807, 2.05) is 18.2 Å². The van der Waals surface area contributed by atoms with Crippen molar-refractivity contribution in [2.75, 3.05) is 0 Å². The van der Waals surface area contributed by atoms with Crippen molar-refractivity contribution in [3.05, 3.63) is 68.5 Å². The molecule has 0 fully saturated rings. The van der Waals surface area contributed by atoms with Crippen molar-refractivity contribution in [3.63, 3.8) is 0 Å². The fourth-order valence-electron chi connectivity index (χ4n) is 3.04. The number of nitrogens with one attached hydrogen (secondary N) is 1. The van der Waals surface area contributed by atoms with Gasteiger partial charge in [-0.25, -0.2) is 4.79 Å². The summed E-state index contributed by atoms with van der Waals surface area (Å²) in [5.41, 5.74) is 1.55. The van der Waals surface area contributed by atoms with Gasteiger partial charge >= 0.3 is 5.69 Å². The number of carbonyl (C=O) groups is 1. The molecule has 3 rings (SSSR count). The zero-order valence-corrected chi connectivity index (χ0v) is 13.0. The number of nitrogens with zero attached hydrogens (tertiary/aromatic N) is 2. The Morgan fingerprint density at radius 1 is 1.26 bits per heavy atom. The Balaban J connectivity index is 1.75. The van der Waals surface area contributed by atoms with Crippen LogP contribution in [-0.2, 0) is 24.8 Å². The molecule has 1 heterocycles. The van der Waals surface area contributed by atoms with Gasteiger partial charge in [0.05, 0.1) is 6.04 Å². The molecule has 1 atom stereocenters. The van der Waals surface area contributed by atoms with Crippen LogP contribution in [0.25, 0.3) is 0 Å². The van der Waals surface area contributed by atoms with Crippen LogP contribution < -0.4 is 16.6 Å². The number of hydrogen-bond acceptors (Lipinski definition) is 3. The summed E-state index contributed by atoms with van der Waals surface area (Å²) in [6, 6.07) is 9.37. The van der Waals surface area contributed by atoms with E-state index in [4.69, 9.17) is 0 Å². The number of amides is 1. The molecule has 23 heavy (non-hydrogen) atoms. The third-order valence-electron chi connectivity index (χ3n) is 4.28. The first-order chi connectivity index (χ1) is 11.1. The molecule has 0 aliphatic heterocycles. The largest absolute Gasteiger partial charge is 0.348 e. The van der Waals surface area contributed by atoms with E-state index in [-0.39, 0.29) is 24.1 Å². The first-order valence-electron chi connectivity index (χ1n) is 7.70. The number of fused-ring (bicyclic) bond motifs is 1. The van der Waals surface area contributed by atoms with Crippen LogP contribution in [0.5, 0.6) is 0 Å². The third-order valence-corrected chi connectivity index (χ3v) is 4.28. The summed E-state index contributed by atoms with van der Waals surface area (Å²) in [6.07, 6.45) is 4.31. The molecule has 0 spiro atoms. The lowest BCUT2D eigenvalue weighted by Crippen LogP contribution is -2.41. The average molecular weight is 313 g/mol. The van der Waals surface area contributed by atoms with E-state index < -0.39 is 5.69 Å². The lowest BCUT2D eigenvalue weighted by Gasteiger charge is -2.26. The van der Waals surface area contributed by atoms with Crippen LogP contribution in [0.3, 0.4) is 0 Å². The highest BCUT2D eigenvalue weighted by molar-refractivity contribution is 5.76. The summed E-state index contributed by atoms with van der Waals surface area (Å²) in [5, 5.41) is 3.00. The van der Waals surface area contributed by atoms with Gasteiger partial charge in [0, 0.05) is 19.3 Å². The SMILES string of the molecule is Cn1c(=O)ccn(CC(=O)N[C@H]2CCCc3ccccc32)c1=O. The molecule has 0 saturated carbocycles. The lowest BCUT2D eigenvalue weighted by molar-refractivity contribution is -0.122. The minimum atomic E-state index is -0.489. The maximum absolute atomic E-state index is 12.3. The average Bonchev–Trinajstić information content (AvgIpc) is 2.56. The molecule has 0 bridgehead atoms. The minimum absolute atomic E-state index is 0.0179. The maximum Gasteiger partial charge on any atom is 0.331 e. The van der Waals surface area contributed by atoms with Crippen LogP contribution >= 0.6 is 0 Å². The Labute approximate surface area is 133 Å². The van der Waals surface area contributed by atoms with E-state index in [1.165, 1.54) is 29.4 Å². The molecule has 6 nitrogen and oxygen atoms in total. The molecular weight excluding hydrogens is 294 g/mol. The first kappa shape index (κ1) is 15.3. The number of carbonyl (C=O) groups excluding carboxylic acids is 1. The summed E-state index contributed by atoms with van der Waals surface area (Å²) in [4.78, 5) is 35.6. The quantitative estimate of drug-likeness (QED) is 0.908. The van der Waals surface area contributed by atoms with Gasteiger partial charge in [-0.15, -0.1) is 0 Å². The summed E-state index contributed by atoms with van der Waals surface area (Å²) >= 11 is 0. The van der Waals surface area contributed by atoms with Gasteiger partial charge < -0.3 is 5.32 Å². The Morgan fingerprint density at radius 3 is 2.87 bits per heavy atom. The van der Waals surface area contributed by atoms with Crippen LogP contribution in [0.15, 0.2) is 46.1 Å². The Bertz CT molecular complexity index is 851. The number of hydrogen-bond donors (Lipinski definition) is 1. The van der Waals surface area contributed by atoms with Crippen LogP contribution in [0.2, 0.25) is 0 Å². The van der Waals surface area contributed by atoms with E-state index in [1.54, 1.807) is 0 Å². The van der Waals surface area contributed by atoms with Gasteiger partial charge in [0.2, 0.25) is 5.91 Å². The summed E-state index contributed by atoms with van der Waals surface area (Å²) in [6.45, 7) is -0.0916. The third kappa shape index (κ3) is 3.11. The van der Waals surface area contributed by atoms with Gasteiger partial charge in [-0.1, -0.05) is 24.3 Å². The first-order valence-corrected chi connectivity index (χ1v) is 7.70. The predicted octanol–water partition coefficient (Wildman–Crippen LogP) is 0.741. The number of aryl methyl sites for hydroxylation is 1. The second-order valence-corrected chi connectivity index (χ2v) is 5.83. The molecule has 1 aliphatic rings. The Morgan fingerprint density at radius 2 is 2.04 bits per heavy atom. The number of aromatic nitrogens is 2. The molecule has 1 N–H and O–H groups in total. The van der Waals surface area contributed by atoms with E-state index in [9.17, 15) is 14.4 Å². The summed E-state index contributed by atoms with van der Waals surface area (Å²) < 4.78 is 2.23. The number of rotatable bonds is 3. The van der Waals surface area contributed by atoms with Crippen molar-refractivity contribution >= 4 is 5.91 Å². The molecule has 6 heteroatoms. The van der Waals surface area contributed by atoms with Gasteiger partial charge in [-0.2, -0.15) is 0 Å². The zero-order valence-electron chi connectivity index (χ0n) is 13.0. The van der Waals surface area contributed by atoms with Crippen molar-refractivity contribution in [2.24, 2.45) is 7.05 Å². The molecule has 0 radical (unpaired) electrons. The van der Waals surface area contributed by atoms with Crippen LogP contribution in [0.1, 0.15) is 30.0 Å². The van der Waals surface area contributed by atoms with Gasteiger partial charge in [0.15, 0.2) is 0 Å². The second-order valence-electron chi connectivity index (χ2n) is 5.83. The van der Waals surface area contributed by atoms with Crippen LogP contribution in [0, 0.1) is 0 Å². The molecule has 0 unspecified atom stereocenters. The van der Waals surface area contributed by atoms with Gasteiger partial charge in [0.25, 0.3) is 5.56 Å². The fourth-order valence-corrected chi connectivity index (χ4v) is 3.04. The van der Waals surface area contributed by atoms with Gasteiger partial charge in [0.1, 0.15) is 6.54 Å². The molecule has 1 amide bonds. The standard InChI is InChI=1S/C17H19N3O3/c1-19-16(22)9-10-20(17(19)23)11-15(21)18-14-8-4-6-12-5-2-3-7-13(12)14/h2-3,5,7,9-10,14H,4,6,8,11H2,1H3,(H,18,21)/t14-/m0/s1. The lowest BCUT2D eigenvalue weighted by atomic mass is 9.88. The maximum atomic E-state index is 12.3. The molecule has 2 aromatic rings. The Kier molecular flexibility index (Phi) is 4.14. The van der Waals surface area contributed by atoms with Crippen LogP contribution in [-0.4, -0.2) is 15.0 Å². The predicted molar refractivity (Wildman–Crippen MR) is 86.2 cm³/mol. The highest BCUT2D eigenvalue weighted by Gasteiger charge is 2.21. The smallest absolute Gasteiger partial charge is 0.331 e. The fraction of sp³-hybridized carbons (Fsp3) is 0.353. The van der Waals surface area contributed by atoms with E-state index in [2.05, 4.69) is 11.4 Å². The molecule has 1 aromatic heterocycles. The van der Waals surface area contributed by atoms with E-state index >= 15 is 0 Å². The van der Waals surface area contributed by atoms with E-state index in [0.717, 1.165) is 29.4 Å². The zero-order chi connectivity index (χ0) is 16.4. The highest BCUT2D eigenvalue weighted by Crippen LogP contribution is 2.29. The van der Waals surface area contributed by atoms with E-state index in [0.29, 0.717) is 0 Å². The Hall–Kier alpha value is -2.63. The van der Waals surface area contributed by atoms with Crippen molar-refractivity contribution in [3.8, 4) is 0 Å². The topological polar surface area (TPSA) is 73.1 Å².